The lowest BCUT2D eigenvalue weighted by molar-refractivity contribution is 0.0662. The van der Waals surface area contributed by atoms with Crippen LogP contribution in [-0.4, -0.2) is 5.97 Å². The van der Waals surface area contributed by atoms with Crippen molar-refractivity contribution in [3.05, 3.63) is 74.2 Å². The molecule has 19 heavy (non-hydrogen) atoms. The highest BCUT2D eigenvalue weighted by Crippen LogP contribution is 2.21. The van der Waals surface area contributed by atoms with E-state index in [1.54, 1.807) is 24.3 Å². The van der Waals surface area contributed by atoms with E-state index in [-0.39, 0.29) is 0 Å². The summed E-state index contributed by atoms with van der Waals surface area (Å²) in [5, 5.41) is 0.389. The van der Waals surface area contributed by atoms with Crippen molar-refractivity contribution in [1.29, 1.82) is 0 Å². The van der Waals surface area contributed by atoms with Gasteiger partial charge in [-0.15, -0.1) is 5.73 Å². The maximum atomic E-state index is 11.8. The zero-order chi connectivity index (χ0) is 13.7. The predicted molar refractivity (Wildman–Crippen MR) is 84.3 cm³/mol. The van der Waals surface area contributed by atoms with Gasteiger partial charge in [0.05, 0.1) is 10.6 Å². The van der Waals surface area contributed by atoms with E-state index in [1.807, 2.05) is 18.2 Å². The van der Waals surface area contributed by atoms with Crippen molar-refractivity contribution < 1.29 is 9.53 Å². The van der Waals surface area contributed by atoms with Crippen molar-refractivity contribution in [2.24, 2.45) is 0 Å². The number of hydrogen-bond acceptors (Lipinski definition) is 2. The van der Waals surface area contributed by atoms with Gasteiger partial charge in [-0.25, -0.2) is 4.79 Å². The summed E-state index contributed by atoms with van der Waals surface area (Å²) in [5.41, 5.74) is 4.52. The highest BCUT2D eigenvalue weighted by molar-refractivity contribution is 14.1. The molecule has 2 rings (SSSR count). The predicted octanol–water partition coefficient (Wildman–Crippen LogP) is 4.81. The average Bonchev–Trinajstić information content (AvgIpc) is 2.89. The second-order valence-corrected chi connectivity index (χ2v) is 5.61. The molecule has 0 spiro atoms. The van der Waals surface area contributed by atoms with Gasteiger partial charge < -0.3 is 4.74 Å². The van der Waals surface area contributed by atoms with Crippen molar-refractivity contribution >= 4 is 40.2 Å². The van der Waals surface area contributed by atoms with Crippen LogP contribution >= 0.6 is 34.2 Å². The number of halogens is 2. The number of carbonyl (C=O) groups excluding carboxylic acids is 1. The third-order valence-electron chi connectivity index (χ3n) is 2.41. The number of hydrogen-bond donors (Lipinski definition) is 0. The maximum absolute atomic E-state index is 11.8. The van der Waals surface area contributed by atoms with Gasteiger partial charge in [0.1, 0.15) is 6.26 Å². The molecule has 0 saturated heterocycles. The Hall–Kier alpha value is -1.29. The van der Waals surface area contributed by atoms with Crippen LogP contribution < -0.4 is 0 Å². The van der Waals surface area contributed by atoms with Gasteiger partial charge in [-0.05, 0) is 46.4 Å². The molecule has 0 saturated carbocycles. The van der Waals surface area contributed by atoms with E-state index in [9.17, 15) is 4.79 Å². The van der Waals surface area contributed by atoms with E-state index in [0.717, 1.165) is 9.15 Å². The first kappa shape index (κ1) is 14.1. The molecule has 96 valence electrons. The molecule has 0 amide bonds. The molecule has 1 aromatic rings. The number of allylic oxidation sites excluding steroid dienone is 4. The molecule has 1 aliphatic carbocycles. The van der Waals surface area contributed by atoms with E-state index in [4.69, 9.17) is 16.3 Å². The Morgan fingerprint density at radius 3 is 2.89 bits per heavy atom. The van der Waals surface area contributed by atoms with Gasteiger partial charge in [0, 0.05) is 10.0 Å². The third-order valence-corrected chi connectivity index (χ3v) is 3.37. The van der Waals surface area contributed by atoms with Gasteiger partial charge in [-0.2, -0.15) is 0 Å². The average molecular weight is 385 g/mol. The minimum atomic E-state index is -0.453. The Labute approximate surface area is 130 Å². The van der Waals surface area contributed by atoms with Crippen LogP contribution in [0.4, 0.5) is 0 Å². The zero-order valence-corrected chi connectivity index (χ0v) is 12.8. The summed E-state index contributed by atoms with van der Waals surface area (Å²) in [4.78, 5) is 11.8. The molecule has 4 heteroatoms. The maximum Gasteiger partial charge on any atom is 0.344 e. The Bertz CT molecular complexity index is 623. The fraction of sp³-hybridized carbons (Fsp3) is 0.0667. The molecule has 2 nitrogen and oxygen atoms in total. The first-order chi connectivity index (χ1) is 9.16. The van der Waals surface area contributed by atoms with Crippen molar-refractivity contribution in [3.63, 3.8) is 0 Å². The van der Waals surface area contributed by atoms with Crippen LogP contribution in [0.5, 0.6) is 0 Å². The van der Waals surface area contributed by atoms with Crippen LogP contribution in [0.3, 0.4) is 0 Å². The fourth-order valence-corrected chi connectivity index (χ4v) is 2.26. The monoisotopic (exact) mass is 384 g/mol. The van der Waals surface area contributed by atoms with Gasteiger partial charge >= 0.3 is 5.97 Å². The first-order valence-corrected chi connectivity index (χ1v) is 7.05. The molecule has 0 radical (unpaired) electrons. The second-order valence-electron chi connectivity index (χ2n) is 3.82. The molecular formula is C15H10ClIO2. The van der Waals surface area contributed by atoms with Crippen molar-refractivity contribution in [2.45, 2.75) is 6.42 Å². The molecule has 0 unspecified atom stereocenters. The number of esters is 1. The topological polar surface area (TPSA) is 26.3 Å². The Morgan fingerprint density at radius 2 is 2.21 bits per heavy atom. The molecule has 0 N–H and O–H groups in total. The van der Waals surface area contributed by atoms with Crippen molar-refractivity contribution in [2.75, 3.05) is 0 Å². The standard InChI is InChI=1S/C15H10ClIO2/c16-14-8-4-3-7-13(14)15(18)19-10-12(17)9-11-5-1-2-6-11/h1-5,7-8,10H,9H2/b12-10-. The van der Waals surface area contributed by atoms with E-state index < -0.39 is 5.97 Å². The lowest BCUT2D eigenvalue weighted by Crippen LogP contribution is -2.01. The highest BCUT2D eigenvalue weighted by atomic mass is 127. The zero-order valence-electron chi connectivity index (χ0n) is 9.90. The molecule has 0 fully saturated rings. The number of ether oxygens (including phenoxy) is 1. The quantitative estimate of drug-likeness (QED) is 0.322. The molecule has 1 aliphatic rings. The highest BCUT2D eigenvalue weighted by Gasteiger charge is 2.10. The summed E-state index contributed by atoms with van der Waals surface area (Å²) < 4.78 is 6.03. The van der Waals surface area contributed by atoms with Crippen LogP contribution in [0.25, 0.3) is 0 Å². The molecule has 0 aliphatic heterocycles. The largest absolute Gasteiger partial charge is 0.430 e. The van der Waals surface area contributed by atoms with Crippen LogP contribution in [0, 0.1) is 0 Å². The number of rotatable bonds is 4. The smallest absolute Gasteiger partial charge is 0.344 e. The van der Waals surface area contributed by atoms with Crippen LogP contribution in [0.15, 0.2) is 63.6 Å². The number of carbonyl (C=O) groups is 1. The van der Waals surface area contributed by atoms with Gasteiger partial charge in [-0.1, -0.05) is 35.9 Å². The van der Waals surface area contributed by atoms with Gasteiger partial charge in [0.15, 0.2) is 0 Å². The minimum Gasteiger partial charge on any atom is -0.430 e. The molecule has 1 aromatic carbocycles. The van der Waals surface area contributed by atoms with Gasteiger partial charge in [0.2, 0.25) is 0 Å². The Morgan fingerprint density at radius 1 is 1.42 bits per heavy atom. The summed E-state index contributed by atoms with van der Waals surface area (Å²) in [6, 6.07) is 6.81. The molecular weight excluding hydrogens is 375 g/mol. The second kappa shape index (κ2) is 6.75. The summed E-state index contributed by atoms with van der Waals surface area (Å²) in [5.74, 6) is -0.453. The van der Waals surface area contributed by atoms with E-state index in [0.29, 0.717) is 17.0 Å². The lowest BCUT2D eigenvalue weighted by atomic mass is 10.2. The Balaban J connectivity index is 1.98. The summed E-state index contributed by atoms with van der Waals surface area (Å²) in [7, 11) is 0. The van der Waals surface area contributed by atoms with Crippen molar-refractivity contribution in [1.82, 2.24) is 0 Å². The van der Waals surface area contributed by atoms with E-state index >= 15 is 0 Å². The van der Waals surface area contributed by atoms with Crippen LogP contribution in [0.2, 0.25) is 5.02 Å². The van der Waals surface area contributed by atoms with Crippen LogP contribution in [-0.2, 0) is 4.74 Å². The fourth-order valence-electron chi connectivity index (χ4n) is 1.51. The first-order valence-electron chi connectivity index (χ1n) is 5.59. The van der Waals surface area contributed by atoms with Gasteiger partial charge in [0.25, 0.3) is 0 Å². The summed E-state index contributed by atoms with van der Waals surface area (Å²) in [6.07, 6.45) is 7.91. The third kappa shape index (κ3) is 4.10. The summed E-state index contributed by atoms with van der Waals surface area (Å²) >= 11 is 8.06. The molecule has 0 aromatic heterocycles. The molecule has 0 atom stereocenters. The SMILES string of the molecule is O=C(O/C=C(\I)CC1=C=CC=C1)c1ccccc1Cl. The lowest BCUT2D eigenvalue weighted by Gasteiger charge is -2.03. The minimum absolute atomic E-state index is 0.365. The normalized spacial score (nSPS) is 13.6. The van der Waals surface area contributed by atoms with E-state index in [2.05, 4.69) is 28.3 Å². The summed E-state index contributed by atoms with van der Waals surface area (Å²) in [6.45, 7) is 0. The molecule has 0 heterocycles. The van der Waals surface area contributed by atoms with E-state index in [1.165, 1.54) is 6.26 Å². The Kier molecular flexibility index (Phi) is 5.02. The number of benzene rings is 1. The molecule has 0 bridgehead atoms. The van der Waals surface area contributed by atoms with Crippen molar-refractivity contribution in [3.8, 4) is 0 Å². The van der Waals surface area contributed by atoms with Crippen LogP contribution in [0.1, 0.15) is 16.8 Å². The van der Waals surface area contributed by atoms with Gasteiger partial charge in [-0.3, -0.25) is 0 Å².